The first kappa shape index (κ1) is 11.5. The summed E-state index contributed by atoms with van der Waals surface area (Å²) in [5, 5.41) is 7.06. The van der Waals surface area contributed by atoms with Gasteiger partial charge in [0.1, 0.15) is 0 Å². The fourth-order valence-corrected chi connectivity index (χ4v) is 1.61. The lowest BCUT2D eigenvalue weighted by Crippen LogP contribution is -1.95. The Hall–Kier alpha value is -2.01. The van der Waals surface area contributed by atoms with Gasteiger partial charge in [0.05, 0.1) is 19.9 Å². The van der Waals surface area contributed by atoms with Crippen molar-refractivity contribution in [1.82, 2.24) is 10.2 Å². The lowest BCUT2D eigenvalue weighted by Gasteiger charge is -2.08. The Balaban J connectivity index is 2.38. The average Bonchev–Trinajstić information content (AvgIpc) is 2.86. The van der Waals surface area contributed by atoms with Crippen LogP contribution in [0.3, 0.4) is 0 Å². The highest BCUT2D eigenvalue weighted by Gasteiger charge is 2.08. The van der Waals surface area contributed by atoms with E-state index in [4.69, 9.17) is 15.2 Å². The van der Waals surface area contributed by atoms with Crippen LogP contribution < -0.4 is 15.2 Å². The number of ether oxygens (including phenoxy) is 2. The van der Waals surface area contributed by atoms with Crippen molar-refractivity contribution < 1.29 is 9.47 Å². The highest BCUT2D eigenvalue weighted by atomic mass is 16.5. The van der Waals surface area contributed by atoms with Crippen molar-refractivity contribution in [3.05, 3.63) is 30.0 Å². The van der Waals surface area contributed by atoms with E-state index in [2.05, 4.69) is 10.2 Å². The molecule has 0 aliphatic carbocycles. The van der Waals surface area contributed by atoms with Crippen molar-refractivity contribution in [3.8, 4) is 22.8 Å². The number of aromatic nitrogens is 2. The van der Waals surface area contributed by atoms with Crippen LogP contribution in [0.4, 0.5) is 0 Å². The summed E-state index contributed by atoms with van der Waals surface area (Å²) >= 11 is 0. The Morgan fingerprint density at radius 2 is 1.94 bits per heavy atom. The number of aromatic amines is 1. The molecule has 0 unspecified atom stereocenters. The standard InChI is InChI=1S/C12H15N3O2/c1-16-11-4-3-8(5-12(11)17-2)10-6-9(7-13)14-15-10/h3-6H,7,13H2,1-2H3,(H,14,15). The van der Waals surface area contributed by atoms with E-state index in [-0.39, 0.29) is 0 Å². The predicted molar refractivity (Wildman–Crippen MR) is 65.0 cm³/mol. The van der Waals surface area contributed by atoms with Crippen molar-refractivity contribution in [2.24, 2.45) is 5.73 Å². The second-order valence-electron chi connectivity index (χ2n) is 3.55. The number of H-pyrrole nitrogens is 1. The minimum Gasteiger partial charge on any atom is -0.493 e. The van der Waals surface area contributed by atoms with Crippen LogP contribution in [0.5, 0.6) is 11.5 Å². The van der Waals surface area contributed by atoms with Gasteiger partial charge in [-0.15, -0.1) is 0 Å². The Bertz CT molecular complexity index is 508. The summed E-state index contributed by atoms with van der Waals surface area (Å²) in [5.74, 6) is 1.38. The van der Waals surface area contributed by atoms with Gasteiger partial charge in [0.25, 0.3) is 0 Å². The van der Waals surface area contributed by atoms with Gasteiger partial charge in [0.15, 0.2) is 11.5 Å². The molecule has 1 heterocycles. The van der Waals surface area contributed by atoms with E-state index >= 15 is 0 Å². The van der Waals surface area contributed by atoms with Crippen molar-refractivity contribution in [2.45, 2.75) is 6.54 Å². The monoisotopic (exact) mass is 233 g/mol. The average molecular weight is 233 g/mol. The fourth-order valence-electron chi connectivity index (χ4n) is 1.61. The first-order chi connectivity index (χ1) is 8.28. The fraction of sp³-hybridized carbons (Fsp3) is 0.250. The minimum atomic E-state index is 0.445. The molecular weight excluding hydrogens is 218 g/mol. The lowest BCUT2D eigenvalue weighted by atomic mass is 10.1. The topological polar surface area (TPSA) is 73.2 Å². The Morgan fingerprint density at radius 3 is 2.53 bits per heavy atom. The van der Waals surface area contributed by atoms with Gasteiger partial charge in [-0.05, 0) is 24.3 Å². The second kappa shape index (κ2) is 4.88. The zero-order valence-corrected chi connectivity index (χ0v) is 9.86. The minimum absolute atomic E-state index is 0.445. The Kier molecular flexibility index (Phi) is 3.30. The Morgan fingerprint density at radius 1 is 1.18 bits per heavy atom. The van der Waals surface area contributed by atoms with Crippen LogP contribution in [0.15, 0.2) is 24.3 Å². The van der Waals surface area contributed by atoms with Gasteiger partial charge in [0, 0.05) is 17.8 Å². The Labute approximate surface area is 99.5 Å². The zero-order valence-electron chi connectivity index (χ0n) is 9.86. The summed E-state index contributed by atoms with van der Waals surface area (Å²) in [7, 11) is 3.22. The van der Waals surface area contributed by atoms with Crippen LogP contribution in [-0.4, -0.2) is 24.4 Å². The van der Waals surface area contributed by atoms with E-state index in [1.54, 1.807) is 14.2 Å². The van der Waals surface area contributed by atoms with Crippen LogP contribution in [0.2, 0.25) is 0 Å². The third-order valence-corrected chi connectivity index (χ3v) is 2.53. The lowest BCUT2D eigenvalue weighted by molar-refractivity contribution is 0.355. The van der Waals surface area contributed by atoms with Crippen LogP contribution in [0, 0.1) is 0 Å². The molecule has 0 bridgehead atoms. The van der Waals surface area contributed by atoms with Crippen molar-refractivity contribution in [1.29, 1.82) is 0 Å². The maximum atomic E-state index is 5.53. The van der Waals surface area contributed by atoms with E-state index in [0.29, 0.717) is 18.0 Å². The van der Waals surface area contributed by atoms with E-state index < -0.39 is 0 Å². The molecule has 5 nitrogen and oxygen atoms in total. The molecule has 0 saturated carbocycles. The van der Waals surface area contributed by atoms with Crippen LogP contribution in [-0.2, 0) is 6.54 Å². The molecule has 3 N–H and O–H groups in total. The first-order valence-corrected chi connectivity index (χ1v) is 5.25. The van der Waals surface area contributed by atoms with Gasteiger partial charge in [0.2, 0.25) is 0 Å². The molecule has 0 amide bonds. The third-order valence-electron chi connectivity index (χ3n) is 2.53. The summed E-state index contributed by atoms with van der Waals surface area (Å²) < 4.78 is 10.4. The maximum Gasteiger partial charge on any atom is 0.161 e. The number of hydrogen-bond acceptors (Lipinski definition) is 4. The summed E-state index contributed by atoms with van der Waals surface area (Å²) in [6, 6.07) is 7.58. The predicted octanol–water partition coefficient (Wildman–Crippen LogP) is 1.55. The number of methoxy groups -OCH3 is 2. The SMILES string of the molecule is COc1ccc(-c2cc(CN)[nH]n2)cc1OC. The molecule has 0 spiro atoms. The highest BCUT2D eigenvalue weighted by molar-refractivity contribution is 5.64. The summed E-state index contributed by atoms with van der Waals surface area (Å²) in [6.07, 6.45) is 0. The van der Waals surface area contributed by atoms with Crippen molar-refractivity contribution >= 4 is 0 Å². The quantitative estimate of drug-likeness (QED) is 0.840. The highest BCUT2D eigenvalue weighted by Crippen LogP contribution is 2.31. The number of hydrogen-bond donors (Lipinski definition) is 2. The van der Waals surface area contributed by atoms with Gasteiger partial charge < -0.3 is 15.2 Å². The van der Waals surface area contributed by atoms with Crippen LogP contribution in [0.1, 0.15) is 5.69 Å². The van der Waals surface area contributed by atoms with Gasteiger partial charge in [-0.25, -0.2) is 0 Å². The number of rotatable bonds is 4. The number of benzene rings is 1. The largest absolute Gasteiger partial charge is 0.493 e. The molecule has 0 aliphatic rings. The molecule has 2 aromatic rings. The third kappa shape index (κ3) is 2.24. The molecular formula is C12H15N3O2. The normalized spacial score (nSPS) is 10.3. The first-order valence-electron chi connectivity index (χ1n) is 5.25. The molecule has 1 aromatic heterocycles. The maximum absolute atomic E-state index is 5.53. The molecule has 0 radical (unpaired) electrons. The molecule has 5 heteroatoms. The van der Waals surface area contributed by atoms with Crippen molar-refractivity contribution in [2.75, 3.05) is 14.2 Å². The van der Waals surface area contributed by atoms with Crippen molar-refractivity contribution in [3.63, 3.8) is 0 Å². The van der Waals surface area contributed by atoms with E-state index in [9.17, 15) is 0 Å². The molecule has 0 saturated heterocycles. The van der Waals surface area contributed by atoms with E-state index in [0.717, 1.165) is 17.0 Å². The van der Waals surface area contributed by atoms with E-state index in [1.165, 1.54) is 0 Å². The number of nitrogens with one attached hydrogen (secondary N) is 1. The molecule has 90 valence electrons. The van der Waals surface area contributed by atoms with Crippen LogP contribution in [0.25, 0.3) is 11.3 Å². The zero-order chi connectivity index (χ0) is 12.3. The molecule has 17 heavy (non-hydrogen) atoms. The van der Waals surface area contributed by atoms with Gasteiger partial charge >= 0.3 is 0 Å². The summed E-state index contributed by atoms with van der Waals surface area (Å²) in [6.45, 7) is 0.445. The van der Waals surface area contributed by atoms with Crippen LogP contribution >= 0.6 is 0 Å². The van der Waals surface area contributed by atoms with Gasteiger partial charge in [-0.2, -0.15) is 5.10 Å². The number of nitrogens with two attached hydrogens (primary N) is 1. The molecule has 2 rings (SSSR count). The van der Waals surface area contributed by atoms with Gasteiger partial charge in [-0.1, -0.05) is 0 Å². The van der Waals surface area contributed by atoms with E-state index in [1.807, 2.05) is 24.3 Å². The molecule has 1 aromatic carbocycles. The number of nitrogens with zero attached hydrogens (tertiary/aromatic N) is 1. The smallest absolute Gasteiger partial charge is 0.161 e. The second-order valence-corrected chi connectivity index (χ2v) is 3.55. The molecule has 0 aliphatic heterocycles. The van der Waals surface area contributed by atoms with Gasteiger partial charge in [-0.3, -0.25) is 5.10 Å². The summed E-state index contributed by atoms with van der Waals surface area (Å²) in [5.41, 5.74) is 8.22. The molecule has 0 fully saturated rings. The molecule has 0 atom stereocenters. The summed E-state index contributed by atoms with van der Waals surface area (Å²) in [4.78, 5) is 0.